The zero-order valence-corrected chi connectivity index (χ0v) is 7.39. The molecule has 0 amide bonds. The third-order valence-corrected chi connectivity index (χ3v) is 1.94. The third kappa shape index (κ3) is 1.84. The molecule has 0 unspecified atom stereocenters. The van der Waals surface area contributed by atoms with Gasteiger partial charge in [-0.05, 0) is 12.5 Å². The van der Waals surface area contributed by atoms with Crippen LogP contribution in [0.4, 0.5) is 13.2 Å². The molecule has 1 aromatic rings. The van der Waals surface area contributed by atoms with Crippen LogP contribution in [-0.4, -0.2) is 4.98 Å². The Bertz CT molecular complexity index is 382. The van der Waals surface area contributed by atoms with Gasteiger partial charge in [0.2, 0.25) is 5.95 Å². The minimum absolute atomic E-state index is 0.0506. The lowest BCUT2D eigenvalue weighted by Crippen LogP contribution is -2.02. The van der Waals surface area contributed by atoms with E-state index < -0.39 is 12.4 Å². The van der Waals surface area contributed by atoms with Gasteiger partial charge in [-0.15, -0.1) is 0 Å². The van der Waals surface area contributed by atoms with Gasteiger partial charge in [0.1, 0.15) is 0 Å². The first-order valence-corrected chi connectivity index (χ1v) is 3.87. The smallest absolute Gasteiger partial charge is 0.228 e. The molecule has 0 N–H and O–H groups in total. The minimum atomic E-state index is -2.69. The summed E-state index contributed by atoms with van der Waals surface area (Å²) in [4.78, 5) is 3.18. The fraction of sp³-hybridized carbons (Fsp3) is 0.333. The SMILES string of the molecule is Cc1c(C(F)F)cnc(F)c1CC#N. The maximum atomic E-state index is 13.0. The number of pyridine rings is 1. The standard InChI is InChI=1S/C9H7F3N2/c1-5-6(2-3-13)9(12)14-4-7(5)8(10)11/h4,8H,2H2,1H3. The maximum absolute atomic E-state index is 13.0. The van der Waals surface area contributed by atoms with Crippen LogP contribution in [0.2, 0.25) is 0 Å². The largest absolute Gasteiger partial charge is 0.265 e. The van der Waals surface area contributed by atoms with Crippen molar-refractivity contribution >= 4 is 0 Å². The predicted octanol–water partition coefficient (Wildman–Crippen LogP) is 2.53. The Hall–Kier alpha value is -1.57. The van der Waals surface area contributed by atoms with Crippen LogP contribution in [0.1, 0.15) is 23.1 Å². The molecule has 74 valence electrons. The summed E-state index contributed by atoms with van der Waals surface area (Å²) in [6.45, 7) is 1.36. The van der Waals surface area contributed by atoms with Crippen LogP contribution in [0.3, 0.4) is 0 Å². The number of hydrogen-bond acceptors (Lipinski definition) is 2. The summed E-state index contributed by atoms with van der Waals surface area (Å²) >= 11 is 0. The van der Waals surface area contributed by atoms with Crippen LogP contribution in [0, 0.1) is 24.2 Å². The Balaban J connectivity index is 3.27. The lowest BCUT2D eigenvalue weighted by molar-refractivity contribution is 0.150. The first-order valence-electron chi connectivity index (χ1n) is 3.87. The van der Waals surface area contributed by atoms with Crippen molar-refractivity contribution in [2.75, 3.05) is 0 Å². The van der Waals surface area contributed by atoms with E-state index in [0.29, 0.717) is 0 Å². The van der Waals surface area contributed by atoms with Gasteiger partial charge in [0, 0.05) is 17.3 Å². The summed E-state index contributed by atoms with van der Waals surface area (Å²) in [5.41, 5.74) is -0.268. The zero-order valence-electron chi connectivity index (χ0n) is 7.39. The average Bonchev–Trinajstić information content (AvgIpc) is 2.11. The molecule has 0 atom stereocenters. The minimum Gasteiger partial charge on any atom is -0.228 e. The highest BCUT2D eigenvalue weighted by atomic mass is 19.3. The molecule has 14 heavy (non-hydrogen) atoms. The van der Waals surface area contributed by atoms with Gasteiger partial charge in [-0.1, -0.05) is 0 Å². The second-order valence-corrected chi connectivity index (χ2v) is 2.74. The number of aromatic nitrogens is 1. The molecule has 1 aromatic heterocycles. The van der Waals surface area contributed by atoms with Crippen molar-refractivity contribution in [3.8, 4) is 6.07 Å². The van der Waals surface area contributed by atoms with Gasteiger partial charge >= 0.3 is 0 Å². The molecule has 0 aliphatic rings. The van der Waals surface area contributed by atoms with Crippen LogP contribution in [0.25, 0.3) is 0 Å². The normalized spacial score (nSPS) is 10.3. The van der Waals surface area contributed by atoms with Crippen molar-refractivity contribution in [1.82, 2.24) is 4.98 Å². The number of halogens is 3. The first-order chi connectivity index (χ1) is 6.57. The van der Waals surface area contributed by atoms with Crippen molar-refractivity contribution in [2.24, 2.45) is 0 Å². The summed E-state index contributed by atoms with van der Waals surface area (Å²) in [6, 6.07) is 1.71. The second kappa shape index (κ2) is 4.09. The van der Waals surface area contributed by atoms with Gasteiger partial charge in [0.05, 0.1) is 12.5 Å². The summed E-state index contributed by atoms with van der Waals surface area (Å²) in [6.07, 6.45) is -2.14. The molecule has 5 heteroatoms. The van der Waals surface area contributed by atoms with Crippen molar-refractivity contribution in [2.45, 2.75) is 19.8 Å². The summed E-state index contributed by atoms with van der Waals surface area (Å²) in [7, 11) is 0. The lowest BCUT2D eigenvalue weighted by atomic mass is 10.0. The molecule has 1 heterocycles. The molecular weight excluding hydrogens is 193 g/mol. The number of hydrogen-bond donors (Lipinski definition) is 0. The summed E-state index contributed by atoms with van der Waals surface area (Å²) in [5.74, 6) is -0.853. The molecule has 0 aromatic carbocycles. The maximum Gasteiger partial charge on any atom is 0.265 e. The molecule has 0 aliphatic heterocycles. The van der Waals surface area contributed by atoms with Crippen molar-refractivity contribution in [3.63, 3.8) is 0 Å². The molecule has 0 fully saturated rings. The topological polar surface area (TPSA) is 36.7 Å². The fourth-order valence-corrected chi connectivity index (χ4v) is 1.13. The molecule has 1 rings (SSSR count). The molecule has 0 saturated heterocycles. The van der Waals surface area contributed by atoms with E-state index in [-0.39, 0.29) is 23.1 Å². The lowest BCUT2D eigenvalue weighted by Gasteiger charge is -2.08. The molecule has 0 spiro atoms. The molecule has 0 radical (unpaired) electrons. The van der Waals surface area contributed by atoms with Gasteiger partial charge in [-0.2, -0.15) is 9.65 Å². The van der Waals surface area contributed by atoms with Crippen molar-refractivity contribution in [3.05, 3.63) is 28.8 Å². The van der Waals surface area contributed by atoms with E-state index in [1.165, 1.54) is 6.92 Å². The van der Waals surface area contributed by atoms with Crippen LogP contribution in [0.5, 0.6) is 0 Å². The van der Waals surface area contributed by atoms with Gasteiger partial charge in [0.25, 0.3) is 6.43 Å². The Morgan fingerprint density at radius 3 is 2.71 bits per heavy atom. The molecular formula is C9H7F3N2. The van der Waals surface area contributed by atoms with Gasteiger partial charge < -0.3 is 0 Å². The zero-order chi connectivity index (χ0) is 10.7. The number of rotatable bonds is 2. The molecule has 2 nitrogen and oxygen atoms in total. The Morgan fingerprint density at radius 2 is 2.21 bits per heavy atom. The van der Waals surface area contributed by atoms with E-state index in [1.807, 2.05) is 0 Å². The van der Waals surface area contributed by atoms with Gasteiger partial charge in [-0.3, -0.25) is 0 Å². The Kier molecular flexibility index (Phi) is 3.07. The number of alkyl halides is 2. The first kappa shape index (κ1) is 10.5. The number of nitrogens with zero attached hydrogens (tertiary/aromatic N) is 2. The van der Waals surface area contributed by atoms with Crippen LogP contribution < -0.4 is 0 Å². The molecule has 0 bridgehead atoms. The Morgan fingerprint density at radius 1 is 1.57 bits per heavy atom. The average molecular weight is 200 g/mol. The monoisotopic (exact) mass is 200 g/mol. The van der Waals surface area contributed by atoms with Crippen LogP contribution >= 0.6 is 0 Å². The third-order valence-electron chi connectivity index (χ3n) is 1.94. The quantitative estimate of drug-likeness (QED) is 0.688. The molecule has 0 aliphatic carbocycles. The van der Waals surface area contributed by atoms with Crippen LogP contribution in [0.15, 0.2) is 6.20 Å². The van der Waals surface area contributed by atoms with E-state index in [1.54, 1.807) is 6.07 Å². The highest BCUT2D eigenvalue weighted by molar-refractivity contribution is 5.33. The van der Waals surface area contributed by atoms with E-state index in [0.717, 1.165) is 6.20 Å². The predicted molar refractivity (Wildman–Crippen MR) is 43.2 cm³/mol. The van der Waals surface area contributed by atoms with Gasteiger partial charge in [-0.25, -0.2) is 13.8 Å². The fourth-order valence-electron chi connectivity index (χ4n) is 1.13. The number of nitriles is 1. The highest BCUT2D eigenvalue weighted by Gasteiger charge is 2.16. The van der Waals surface area contributed by atoms with Gasteiger partial charge in [0.15, 0.2) is 0 Å². The summed E-state index contributed by atoms with van der Waals surface area (Å²) < 4.78 is 37.6. The van der Waals surface area contributed by atoms with Crippen molar-refractivity contribution < 1.29 is 13.2 Å². The molecule has 0 saturated carbocycles. The van der Waals surface area contributed by atoms with E-state index >= 15 is 0 Å². The summed E-state index contributed by atoms with van der Waals surface area (Å²) in [5, 5.41) is 8.37. The van der Waals surface area contributed by atoms with E-state index in [2.05, 4.69) is 4.98 Å². The van der Waals surface area contributed by atoms with Crippen molar-refractivity contribution in [1.29, 1.82) is 5.26 Å². The Labute approximate surface area is 79.0 Å². The van der Waals surface area contributed by atoms with Crippen LogP contribution in [-0.2, 0) is 6.42 Å². The van der Waals surface area contributed by atoms with E-state index in [9.17, 15) is 13.2 Å². The van der Waals surface area contributed by atoms with E-state index in [4.69, 9.17) is 5.26 Å². The second-order valence-electron chi connectivity index (χ2n) is 2.74. The highest BCUT2D eigenvalue weighted by Crippen LogP contribution is 2.25.